The highest BCUT2D eigenvalue weighted by atomic mass is 35.5. The minimum atomic E-state index is -1.25. The summed E-state index contributed by atoms with van der Waals surface area (Å²) < 4.78 is 5.60. The summed E-state index contributed by atoms with van der Waals surface area (Å²) in [4.78, 5) is 21.0. The molecule has 2 rings (SSSR count). The highest BCUT2D eigenvalue weighted by Gasteiger charge is 2.32. The monoisotopic (exact) mass is 333 g/mol. The standard InChI is InChI=1S/C16H16ClN3O3/c1-16(2,22-12-8-6-11(17)7-9-12)15(21)23-20-14(18)13-5-3-4-10-19-13/h3-10H,1-2H3,(H2,18,20). The third-order valence-electron chi connectivity index (χ3n) is 2.83. The molecule has 0 unspecified atom stereocenters. The van der Waals surface area contributed by atoms with Crippen molar-refractivity contribution in [3.63, 3.8) is 0 Å². The Morgan fingerprint density at radius 1 is 1.22 bits per heavy atom. The zero-order valence-electron chi connectivity index (χ0n) is 12.7. The van der Waals surface area contributed by atoms with Gasteiger partial charge in [0.25, 0.3) is 0 Å². The van der Waals surface area contributed by atoms with E-state index >= 15 is 0 Å². The van der Waals surface area contributed by atoms with E-state index in [0.717, 1.165) is 0 Å². The smallest absolute Gasteiger partial charge is 0.377 e. The van der Waals surface area contributed by atoms with Gasteiger partial charge in [0.2, 0.25) is 5.60 Å². The first-order valence-corrected chi connectivity index (χ1v) is 7.17. The van der Waals surface area contributed by atoms with Crippen molar-refractivity contribution in [3.8, 4) is 5.75 Å². The number of pyridine rings is 1. The molecule has 0 aliphatic rings. The highest BCUT2D eigenvalue weighted by Crippen LogP contribution is 2.21. The van der Waals surface area contributed by atoms with Gasteiger partial charge in [0, 0.05) is 11.2 Å². The summed E-state index contributed by atoms with van der Waals surface area (Å²) in [5, 5.41) is 4.17. The number of nitrogens with two attached hydrogens (primary N) is 1. The molecule has 1 aromatic carbocycles. The lowest BCUT2D eigenvalue weighted by atomic mass is 10.1. The van der Waals surface area contributed by atoms with Gasteiger partial charge in [-0.25, -0.2) is 4.79 Å². The molecule has 0 bridgehead atoms. The Balaban J connectivity index is 2.02. The van der Waals surface area contributed by atoms with Crippen LogP contribution in [0.4, 0.5) is 0 Å². The molecule has 0 radical (unpaired) electrons. The number of ether oxygens (including phenoxy) is 1. The molecule has 0 spiro atoms. The molecular formula is C16H16ClN3O3. The van der Waals surface area contributed by atoms with Gasteiger partial charge in [0.05, 0.1) is 0 Å². The Kier molecular flexibility index (Phi) is 5.18. The van der Waals surface area contributed by atoms with Crippen molar-refractivity contribution in [1.82, 2.24) is 4.98 Å². The largest absolute Gasteiger partial charge is 0.476 e. The van der Waals surface area contributed by atoms with Gasteiger partial charge in [-0.05, 0) is 50.2 Å². The molecule has 0 saturated carbocycles. The predicted octanol–water partition coefficient (Wildman–Crippen LogP) is 2.76. The molecule has 23 heavy (non-hydrogen) atoms. The zero-order valence-corrected chi connectivity index (χ0v) is 13.4. The number of carbonyl (C=O) groups excluding carboxylic acids is 1. The number of hydrogen-bond donors (Lipinski definition) is 1. The number of nitrogens with zero attached hydrogens (tertiary/aromatic N) is 2. The maximum absolute atomic E-state index is 12.1. The minimum Gasteiger partial charge on any atom is -0.476 e. The average molecular weight is 334 g/mol. The minimum absolute atomic E-state index is 0.00115. The van der Waals surface area contributed by atoms with Gasteiger partial charge in [-0.2, -0.15) is 0 Å². The van der Waals surface area contributed by atoms with E-state index in [9.17, 15) is 4.79 Å². The van der Waals surface area contributed by atoms with Crippen molar-refractivity contribution in [2.45, 2.75) is 19.4 Å². The molecule has 7 heteroatoms. The quantitative estimate of drug-likeness (QED) is 0.393. The van der Waals surface area contributed by atoms with Gasteiger partial charge in [-0.3, -0.25) is 4.98 Å². The lowest BCUT2D eigenvalue weighted by molar-refractivity contribution is -0.159. The Morgan fingerprint density at radius 2 is 1.91 bits per heavy atom. The van der Waals surface area contributed by atoms with Crippen LogP contribution in [0.2, 0.25) is 5.02 Å². The Bertz CT molecular complexity index is 700. The number of hydrogen-bond acceptors (Lipinski definition) is 5. The summed E-state index contributed by atoms with van der Waals surface area (Å²) in [6.45, 7) is 3.13. The lowest BCUT2D eigenvalue weighted by Gasteiger charge is -2.22. The molecule has 0 amide bonds. The third-order valence-corrected chi connectivity index (χ3v) is 3.08. The summed E-state index contributed by atoms with van der Waals surface area (Å²) >= 11 is 5.80. The van der Waals surface area contributed by atoms with Crippen LogP contribution in [-0.2, 0) is 9.63 Å². The molecule has 0 atom stereocenters. The predicted molar refractivity (Wildman–Crippen MR) is 87.2 cm³/mol. The van der Waals surface area contributed by atoms with Crippen LogP contribution in [0.15, 0.2) is 53.8 Å². The number of oxime groups is 1. The second-order valence-electron chi connectivity index (χ2n) is 5.14. The van der Waals surface area contributed by atoms with E-state index < -0.39 is 11.6 Å². The SMILES string of the molecule is CC(C)(Oc1ccc(Cl)cc1)C(=O)O/N=C(/N)c1ccccn1. The molecule has 120 valence electrons. The van der Waals surface area contributed by atoms with Crippen LogP contribution < -0.4 is 10.5 Å². The van der Waals surface area contributed by atoms with Crippen LogP contribution in [0.3, 0.4) is 0 Å². The van der Waals surface area contributed by atoms with Gasteiger partial charge in [-0.1, -0.05) is 22.8 Å². The summed E-state index contributed by atoms with van der Waals surface area (Å²) in [5.41, 5.74) is 4.88. The second-order valence-corrected chi connectivity index (χ2v) is 5.57. The Hall–Kier alpha value is -2.60. The normalized spacial score (nSPS) is 11.9. The first-order chi connectivity index (χ1) is 10.9. The third kappa shape index (κ3) is 4.69. The van der Waals surface area contributed by atoms with E-state index in [1.54, 1.807) is 62.5 Å². The first kappa shape index (κ1) is 16.8. The van der Waals surface area contributed by atoms with E-state index in [0.29, 0.717) is 16.5 Å². The van der Waals surface area contributed by atoms with Gasteiger partial charge in [0.15, 0.2) is 5.84 Å². The van der Waals surface area contributed by atoms with Crippen LogP contribution in [-0.4, -0.2) is 22.4 Å². The van der Waals surface area contributed by atoms with Crippen molar-refractivity contribution in [2.24, 2.45) is 10.9 Å². The van der Waals surface area contributed by atoms with E-state index in [2.05, 4.69) is 10.1 Å². The summed E-state index contributed by atoms with van der Waals surface area (Å²) in [5.74, 6) is -0.203. The van der Waals surface area contributed by atoms with Crippen molar-refractivity contribution in [1.29, 1.82) is 0 Å². The summed E-state index contributed by atoms with van der Waals surface area (Å²) in [6, 6.07) is 11.8. The number of carbonyl (C=O) groups is 1. The van der Waals surface area contributed by atoms with E-state index in [4.69, 9.17) is 26.9 Å². The Labute approximate surface area is 138 Å². The molecular weight excluding hydrogens is 318 g/mol. The highest BCUT2D eigenvalue weighted by molar-refractivity contribution is 6.30. The van der Waals surface area contributed by atoms with Crippen molar-refractivity contribution >= 4 is 23.4 Å². The van der Waals surface area contributed by atoms with Gasteiger partial charge < -0.3 is 15.3 Å². The molecule has 2 N–H and O–H groups in total. The van der Waals surface area contributed by atoms with Crippen molar-refractivity contribution in [2.75, 3.05) is 0 Å². The molecule has 2 aromatic rings. The van der Waals surface area contributed by atoms with E-state index in [-0.39, 0.29) is 5.84 Å². The molecule has 0 aliphatic carbocycles. The number of benzene rings is 1. The fraction of sp³-hybridized carbons (Fsp3) is 0.188. The molecule has 0 aliphatic heterocycles. The molecule has 6 nitrogen and oxygen atoms in total. The number of rotatable bonds is 5. The number of amidine groups is 1. The van der Waals surface area contributed by atoms with Gasteiger partial charge >= 0.3 is 5.97 Å². The molecule has 0 fully saturated rings. The molecule has 1 heterocycles. The fourth-order valence-corrected chi connectivity index (χ4v) is 1.73. The van der Waals surface area contributed by atoms with Crippen molar-refractivity contribution < 1.29 is 14.4 Å². The number of halogens is 1. The molecule has 1 aromatic heterocycles. The Morgan fingerprint density at radius 3 is 2.52 bits per heavy atom. The van der Waals surface area contributed by atoms with Gasteiger partial charge in [0.1, 0.15) is 11.4 Å². The summed E-state index contributed by atoms with van der Waals surface area (Å²) in [7, 11) is 0. The number of aromatic nitrogens is 1. The average Bonchev–Trinajstić information content (AvgIpc) is 2.55. The van der Waals surface area contributed by atoms with Gasteiger partial charge in [-0.15, -0.1) is 0 Å². The van der Waals surface area contributed by atoms with Crippen molar-refractivity contribution in [3.05, 3.63) is 59.4 Å². The first-order valence-electron chi connectivity index (χ1n) is 6.79. The van der Waals surface area contributed by atoms with Crippen LogP contribution in [0.5, 0.6) is 5.75 Å². The van der Waals surface area contributed by atoms with Crippen LogP contribution in [0.25, 0.3) is 0 Å². The summed E-state index contributed by atoms with van der Waals surface area (Å²) in [6.07, 6.45) is 1.56. The second kappa shape index (κ2) is 7.11. The maximum Gasteiger partial charge on any atom is 0.377 e. The lowest BCUT2D eigenvalue weighted by Crippen LogP contribution is -2.39. The van der Waals surface area contributed by atoms with Crippen LogP contribution in [0, 0.1) is 0 Å². The molecule has 0 saturated heterocycles. The fourth-order valence-electron chi connectivity index (χ4n) is 1.60. The van der Waals surface area contributed by atoms with E-state index in [1.165, 1.54) is 0 Å². The maximum atomic E-state index is 12.1. The zero-order chi connectivity index (χ0) is 16.9. The van der Waals surface area contributed by atoms with E-state index in [1.807, 2.05) is 0 Å². The topological polar surface area (TPSA) is 86.8 Å². The van der Waals surface area contributed by atoms with Crippen LogP contribution in [0.1, 0.15) is 19.5 Å². The van der Waals surface area contributed by atoms with Crippen LogP contribution >= 0.6 is 11.6 Å².